The number of nitrogens with one attached hydrogen (secondary N) is 1. The molecule has 0 spiro atoms. The highest BCUT2D eigenvalue weighted by Gasteiger charge is 2.31. The highest BCUT2D eigenvalue weighted by molar-refractivity contribution is 7.15. The number of amides is 1. The number of nitrogens with two attached hydrogens (primary N) is 1. The maximum absolute atomic E-state index is 12.0. The molecule has 1 heterocycles. The lowest BCUT2D eigenvalue weighted by molar-refractivity contribution is -0.145. The van der Waals surface area contributed by atoms with Crippen molar-refractivity contribution < 1.29 is 19.1 Å². The molecule has 0 fully saturated rings. The molecule has 8 heteroatoms. The van der Waals surface area contributed by atoms with E-state index in [0.717, 1.165) is 35.0 Å². The topological polar surface area (TPSA) is 104 Å². The normalized spacial score (nSPS) is 16.9. The van der Waals surface area contributed by atoms with Gasteiger partial charge >= 0.3 is 12.1 Å². The Morgan fingerprint density at radius 3 is 3.00 bits per heavy atom. The van der Waals surface area contributed by atoms with Gasteiger partial charge < -0.3 is 20.5 Å². The SMILES string of the molecule is CCOC(=O)C1CCCc2sc(NCCOC(N)=O)nc21. The van der Waals surface area contributed by atoms with E-state index in [9.17, 15) is 9.59 Å². The number of fused-ring (bicyclic) bond motifs is 1. The highest BCUT2D eigenvalue weighted by atomic mass is 32.1. The fourth-order valence-corrected chi connectivity index (χ4v) is 3.37. The number of nitrogens with zero attached hydrogens (tertiary/aromatic N) is 1. The van der Waals surface area contributed by atoms with Crippen molar-refractivity contribution in [3.05, 3.63) is 10.6 Å². The van der Waals surface area contributed by atoms with Crippen LogP contribution in [0.4, 0.5) is 9.93 Å². The van der Waals surface area contributed by atoms with Gasteiger partial charge in [-0.1, -0.05) is 0 Å². The molecule has 0 radical (unpaired) electrons. The molecule has 7 nitrogen and oxygen atoms in total. The Labute approximate surface area is 126 Å². The largest absolute Gasteiger partial charge is 0.465 e. The number of aromatic nitrogens is 1. The molecule has 116 valence electrons. The van der Waals surface area contributed by atoms with Crippen molar-refractivity contribution in [2.75, 3.05) is 25.1 Å². The van der Waals surface area contributed by atoms with Crippen LogP contribution in [0, 0.1) is 0 Å². The molecule has 1 unspecified atom stereocenters. The minimum atomic E-state index is -0.794. The van der Waals surface area contributed by atoms with Crippen LogP contribution in [0.15, 0.2) is 0 Å². The predicted molar refractivity (Wildman–Crippen MR) is 78.5 cm³/mol. The summed E-state index contributed by atoms with van der Waals surface area (Å²) in [7, 11) is 0. The fraction of sp³-hybridized carbons (Fsp3) is 0.615. The zero-order valence-electron chi connectivity index (χ0n) is 11.9. The molecule has 1 aliphatic carbocycles. The molecular weight excluding hydrogens is 294 g/mol. The number of esters is 1. The number of hydrogen-bond acceptors (Lipinski definition) is 7. The number of carbonyl (C=O) groups is 2. The quantitative estimate of drug-likeness (QED) is 0.611. The van der Waals surface area contributed by atoms with Crippen LogP contribution in [-0.2, 0) is 20.7 Å². The molecule has 0 bridgehead atoms. The summed E-state index contributed by atoms with van der Waals surface area (Å²) in [5.41, 5.74) is 5.70. The van der Waals surface area contributed by atoms with Crippen LogP contribution >= 0.6 is 11.3 Å². The van der Waals surface area contributed by atoms with Gasteiger partial charge in [0.15, 0.2) is 5.13 Å². The van der Waals surface area contributed by atoms with Crippen molar-refractivity contribution in [2.45, 2.75) is 32.1 Å². The smallest absolute Gasteiger partial charge is 0.404 e. The van der Waals surface area contributed by atoms with E-state index in [0.29, 0.717) is 13.2 Å². The van der Waals surface area contributed by atoms with Crippen LogP contribution in [-0.4, -0.2) is 36.8 Å². The third-order valence-corrected chi connectivity index (χ3v) is 4.24. The fourth-order valence-electron chi connectivity index (χ4n) is 2.28. The predicted octanol–water partition coefficient (Wildman–Crippen LogP) is 1.63. The number of anilines is 1. The molecule has 0 aliphatic heterocycles. The summed E-state index contributed by atoms with van der Waals surface area (Å²) in [6.07, 6.45) is 1.88. The second-order valence-electron chi connectivity index (χ2n) is 4.62. The Morgan fingerprint density at radius 1 is 1.48 bits per heavy atom. The second-order valence-corrected chi connectivity index (χ2v) is 5.70. The summed E-state index contributed by atoms with van der Waals surface area (Å²) >= 11 is 1.53. The summed E-state index contributed by atoms with van der Waals surface area (Å²) in [6, 6.07) is 0. The highest BCUT2D eigenvalue weighted by Crippen LogP contribution is 2.37. The molecule has 0 saturated carbocycles. The van der Waals surface area contributed by atoms with Gasteiger partial charge in [0.05, 0.1) is 18.8 Å². The first-order chi connectivity index (χ1) is 10.1. The summed E-state index contributed by atoms with van der Waals surface area (Å²) in [4.78, 5) is 28.0. The lowest BCUT2D eigenvalue weighted by Crippen LogP contribution is -2.20. The first kappa shape index (κ1) is 15.6. The number of ether oxygens (including phenoxy) is 2. The minimum Gasteiger partial charge on any atom is -0.465 e. The lowest BCUT2D eigenvalue weighted by atomic mass is 9.91. The third-order valence-electron chi connectivity index (χ3n) is 3.15. The third kappa shape index (κ3) is 4.07. The van der Waals surface area contributed by atoms with Gasteiger partial charge in [0, 0.05) is 4.88 Å². The zero-order chi connectivity index (χ0) is 15.2. The number of rotatable bonds is 6. The zero-order valence-corrected chi connectivity index (χ0v) is 12.7. The van der Waals surface area contributed by atoms with E-state index in [2.05, 4.69) is 15.0 Å². The molecule has 1 aromatic rings. The average Bonchev–Trinajstić information content (AvgIpc) is 2.86. The van der Waals surface area contributed by atoms with Gasteiger partial charge in [0.25, 0.3) is 0 Å². The number of hydrogen-bond donors (Lipinski definition) is 2. The van der Waals surface area contributed by atoms with Gasteiger partial charge in [-0.15, -0.1) is 11.3 Å². The Morgan fingerprint density at radius 2 is 2.29 bits per heavy atom. The monoisotopic (exact) mass is 313 g/mol. The van der Waals surface area contributed by atoms with Crippen LogP contribution in [0.25, 0.3) is 0 Å². The van der Waals surface area contributed by atoms with Crippen molar-refractivity contribution in [3.8, 4) is 0 Å². The van der Waals surface area contributed by atoms with Gasteiger partial charge in [0.2, 0.25) is 0 Å². The Bertz CT molecular complexity index is 518. The number of primary amides is 1. The number of aryl methyl sites for hydroxylation is 1. The van der Waals surface area contributed by atoms with E-state index in [1.54, 1.807) is 6.92 Å². The van der Waals surface area contributed by atoms with Crippen molar-refractivity contribution in [1.29, 1.82) is 0 Å². The molecular formula is C13H19N3O4S. The van der Waals surface area contributed by atoms with Crippen molar-refractivity contribution >= 4 is 28.5 Å². The molecule has 1 amide bonds. The van der Waals surface area contributed by atoms with E-state index < -0.39 is 6.09 Å². The molecule has 1 atom stereocenters. The van der Waals surface area contributed by atoms with E-state index >= 15 is 0 Å². The lowest BCUT2D eigenvalue weighted by Gasteiger charge is -2.19. The number of carbonyl (C=O) groups excluding carboxylic acids is 2. The van der Waals surface area contributed by atoms with Crippen molar-refractivity contribution in [3.63, 3.8) is 0 Å². The second kappa shape index (κ2) is 7.26. The molecule has 1 aromatic heterocycles. The standard InChI is InChI=1S/C13H19N3O4S/c1-2-19-11(17)8-4-3-5-9-10(8)16-13(21-9)15-6-7-20-12(14)18/h8H,2-7H2,1H3,(H2,14,18)(H,15,16). The van der Waals surface area contributed by atoms with E-state index in [-0.39, 0.29) is 18.5 Å². The summed E-state index contributed by atoms with van der Waals surface area (Å²) < 4.78 is 9.74. The first-order valence-corrected chi connectivity index (χ1v) is 7.75. The van der Waals surface area contributed by atoms with E-state index in [4.69, 9.17) is 10.5 Å². The minimum absolute atomic E-state index is 0.181. The molecule has 0 aromatic carbocycles. The maximum atomic E-state index is 12.0. The Hall–Kier alpha value is -1.83. The summed E-state index contributed by atoms with van der Waals surface area (Å²) in [5.74, 6) is -0.463. The number of thiazole rings is 1. The summed E-state index contributed by atoms with van der Waals surface area (Å²) in [5, 5.41) is 3.80. The van der Waals surface area contributed by atoms with Crippen LogP contribution in [0.5, 0.6) is 0 Å². The van der Waals surface area contributed by atoms with Crippen molar-refractivity contribution in [1.82, 2.24) is 4.98 Å². The molecule has 21 heavy (non-hydrogen) atoms. The van der Waals surface area contributed by atoms with Crippen LogP contribution < -0.4 is 11.1 Å². The Kier molecular flexibility index (Phi) is 5.38. The molecule has 2 rings (SSSR count). The Balaban J connectivity index is 1.98. The maximum Gasteiger partial charge on any atom is 0.404 e. The van der Waals surface area contributed by atoms with Crippen LogP contribution in [0.3, 0.4) is 0 Å². The van der Waals surface area contributed by atoms with Crippen LogP contribution in [0.1, 0.15) is 36.3 Å². The van der Waals surface area contributed by atoms with Crippen LogP contribution in [0.2, 0.25) is 0 Å². The molecule has 1 aliphatic rings. The van der Waals surface area contributed by atoms with E-state index in [1.807, 2.05) is 0 Å². The first-order valence-electron chi connectivity index (χ1n) is 6.94. The van der Waals surface area contributed by atoms with Gasteiger partial charge in [-0.05, 0) is 26.2 Å². The average molecular weight is 313 g/mol. The van der Waals surface area contributed by atoms with E-state index in [1.165, 1.54) is 11.3 Å². The van der Waals surface area contributed by atoms with Gasteiger partial charge in [0.1, 0.15) is 12.5 Å². The van der Waals surface area contributed by atoms with Gasteiger partial charge in [-0.25, -0.2) is 9.78 Å². The molecule has 3 N–H and O–H groups in total. The van der Waals surface area contributed by atoms with Gasteiger partial charge in [-0.3, -0.25) is 4.79 Å². The van der Waals surface area contributed by atoms with Crippen molar-refractivity contribution in [2.24, 2.45) is 5.73 Å². The summed E-state index contributed by atoms with van der Waals surface area (Å²) in [6.45, 7) is 2.79. The van der Waals surface area contributed by atoms with Gasteiger partial charge in [-0.2, -0.15) is 0 Å². The molecule has 0 saturated heterocycles.